The molecule has 0 fully saturated rings. The van der Waals surface area contributed by atoms with Crippen LogP contribution in [-0.4, -0.2) is 23.9 Å². The van der Waals surface area contributed by atoms with Gasteiger partial charge in [0.05, 0.1) is 23.4 Å². The summed E-state index contributed by atoms with van der Waals surface area (Å²) >= 11 is 7.09. The van der Waals surface area contributed by atoms with Crippen molar-refractivity contribution in [2.75, 3.05) is 18.6 Å². The molecule has 0 bridgehead atoms. The van der Waals surface area contributed by atoms with Gasteiger partial charge in [-0.05, 0) is 12.1 Å². The highest BCUT2D eigenvalue weighted by Crippen LogP contribution is 2.23. The van der Waals surface area contributed by atoms with Crippen LogP contribution in [-0.2, 0) is 9.53 Å². The van der Waals surface area contributed by atoms with Gasteiger partial charge in [0.2, 0.25) is 0 Å². The van der Waals surface area contributed by atoms with E-state index in [-0.39, 0.29) is 16.4 Å². The van der Waals surface area contributed by atoms with Crippen molar-refractivity contribution in [3.63, 3.8) is 0 Å². The molecule has 19 heavy (non-hydrogen) atoms. The molecule has 1 aromatic rings. The Morgan fingerprint density at radius 2 is 2.16 bits per heavy atom. The Morgan fingerprint density at radius 1 is 1.47 bits per heavy atom. The first-order valence-electron chi connectivity index (χ1n) is 5.25. The fourth-order valence-corrected chi connectivity index (χ4v) is 1.81. The standard InChI is InChI=1S/C13H12ClNO3S/c1-8(16)19-5-3-4-9-6-10(13(17)18-2)12(15)7-11(9)14/h6-7H,5,15H2,1-2H3. The Labute approximate surface area is 120 Å². The molecule has 1 aromatic carbocycles. The number of rotatable bonds is 2. The van der Waals surface area contributed by atoms with E-state index in [0.717, 1.165) is 11.8 Å². The molecule has 0 aliphatic heterocycles. The number of methoxy groups -OCH3 is 1. The summed E-state index contributed by atoms with van der Waals surface area (Å²) in [6, 6.07) is 2.94. The Kier molecular flexibility index (Phi) is 5.74. The number of ether oxygens (including phenoxy) is 1. The number of thioether (sulfide) groups is 1. The van der Waals surface area contributed by atoms with Crippen LogP contribution in [0, 0.1) is 11.8 Å². The molecule has 0 spiro atoms. The summed E-state index contributed by atoms with van der Waals surface area (Å²) in [5, 5.41) is 0.346. The summed E-state index contributed by atoms with van der Waals surface area (Å²) in [5.74, 6) is 5.41. The third-order valence-electron chi connectivity index (χ3n) is 2.12. The second-order valence-corrected chi connectivity index (χ2v) is 5.05. The largest absolute Gasteiger partial charge is 0.465 e. The zero-order chi connectivity index (χ0) is 14.4. The Hall–Kier alpha value is -1.64. The summed E-state index contributed by atoms with van der Waals surface area (Å²) < 4.78 is 4.61. The van der Waals surface area contributed by atoms with Crippen molar-refractivity contribution in [1.82, 2.24) is 0 Å². The van der Waals surface area contributed by atoms with Crippen molar-refractivity contribution >= 4 is 40.1 Å². The molecule has 0 aromatic heterocycles. The number of carbonyl (C=O) groups is 2. The summed E-state index contributed by atoms with van der Waals surface area (Å²) in [7, 11) is 1.27. The van der Waals surface area contributed by atoms with Crippen molar-refractivity contribution < 1.29 is 14.3 Å². The number of hydrogen-bond donors (Lipinski definition) is 1. The summed E-state index contributed by atoms with van der Waals surface area (Å²) in [6.45, 7) is 1.47. The molecule has 2 N–H and O–H groups in total. The maximum absolute atomic E-state index is 11.5. The zero-order valence-corrected chi connectivity index (χ0v) is 12.0. The lowest BCUT2D eigenvalue weighted by molar-refractivity contribution is -0.109. The quantitative estimate of drug-likeness (QED) is 0.515. The first-order chi connectivity index (χ1) is 8.95. The fraction of sp³-hybridized carbons (Fsp3) is 0.231. The molecule has 1 rings (SSSR count). The van der Waals surface area contributed by atoms with Crippen molar-refractivity contribution in [2.45, 2.75) is 6.92 Å². The molecule has 0 heterocycles. The Morgan fingerprint density at radius 3 is 2.74 bits per heavy atom. The average molecular weight is 298 g/mol. The second kappa shape index (κ2) is 7.07. The molecular weight excluding hydrogens is 286 g/mol. The van der Waals surface area contributed by atoms with Crippen molar-refractivity contribution in [1.29, 1.82) is 0 Å². The van der Waals surface area contributed by atoms with Crippen molar-refractivity contribution in [3.05, 3.63) is 28.3 Å². The highest BCUT2D eigenvalue weighted by molar-refractivity contribution is 8.13. The van der Waals surface area contributed by atoms with Gasteiger partial charge in [0.1, 0.15) is 0 Å². The SMILES string of the molecule is COC(=O)c1cc(C#CCSC(C)=O)c(Cl)cc1N. The third-order valence-corrected chi connectivity index (χ3v) is 3.12. The lowest BCUT2D eigenvalue weighted by atomic mass is 10.1. The van der Waals surface area contributed by atoms with E-state index in [9.17, 15) is 9.59 Å². The van der Waals surface area contributed by atoms with Gasteiger partial charge in [-0.2, -0.15) is 0 Å². The van der Waals surface area contributed by atoms with Crippen LogP contribution in [0.25, 0.3) is 0 Å². The molecule has 0 saturated carbocycles. The number of anilines is 1. The first-order valence-corrected chi connectivity index (χ1v) is 6.61. The molecule has 0 radical (unpaired) electrons. The smallest absolute Gasteiger partial charge is 0.340 e. The van der Waals surface area contributed by atoms with E-state index in [4.69, 9.17) is 17.3 Å². The predicted octanol–water partition coefficient (Wildman–Crippen LogP) is 2.34. The number of nitrogen functional groups attached to an aromatic ring is 1. The average Bonchev–Trinajstić information content (AvgIpc) is 2.35. The minimum Gasteiger partial charge on any atom is -0.465 e. The monoisotopic (exact) mass is 297 g/mol. The van der Waals surface area contributed by atoms with E-state index in [1.54, 1.807) is 0 Å². The molecule has 100 valence electrons. The maximum Gasteiger partial charge on any atom is 0.340 e. The minimum atomic E-state index is -0.546. The summed E-state index contributed by atoms with van der Waals surface area (Å²) in [5.41, 5.74) is 6.61. The zero-order valence-electron chi connectivity index (χ0n) is 10.5. The van der Waals surface area contributed by atoms with E-state index in [0.29, 0.717) is 16.3 Å². The van der Waals surface area contributed by atoms with Crippen LogP contribution in [0.2, 0.25) is 5.02 Å². The van der Waals surface area contributed by atoms with Crippen molar-refractivity contribution in [2.24, 2.45) is 0 Å². The number of carbonyl (C=O) groups excluding carboxylic acids is 2. The topological polar surface area (TPSA) is 69.4 Å². The van der Waals surface area contributed by atoms with Gasteiger partial charge >= 0.3 is 5.97 Å². The summed E-state index contributed by atoms with van der Waals surface area (Å²) in [6.07, 6.45) is 0. The molecule has 0 amide bonds. The van der Waals surface area contributed by atoms with Crippen LogP contribution in [0.5, 0.6) is 0 Å². The molecule has 6 heteroatoms. The predicted molar refractivity (Wildman–Crippen MR) is 77.2 cm³/mol. The molecule has 0 aliphatic carbocycles. The lowest BCUT2D eigenvalue weighted by Gasteiger charge is -2.05. The van der Waals surface area contributed by atoms with Crippen LogP contribution < -0.4 is 5.73 Å². The van der Waals surface area contributed by atoms with Gasteiger partial charge in [-0.1, -0.05) is 35.2 Å². The number of nitrogens with two attached hydrogens (primary N) is 1. The van der Waals surface area contributed by atoms with Crippen LogP contribution in [0.3, 0.4) is 0 Å². The van der Waals surface area contributed by atoms with Crippen LogP contribution >= 0.6 is 23.4 Å². The normalized spacial score (nSPS) is 9.42. The highest BCUT2D eigenvalue weighted by atomic mass is 35.5. The Balaban J connectivity index is 3.01. The minimum absolute atomic E-state index is 0.00653. The number of halogens is 1. The van der Waals surface area contributed by atoms with Crippen molar-refractivity contribution in [3.8, 4) is 11.8 Å². The molecular formula is C13H12ClNO3S. The van der Waals surface area contributed by atoms with Gasteiger partial charge in [0.25, 0.3) is 0 Å². The molecule has 0 saturated heterocycles. The van der Waals surface area contributed by atoms with Crippen LogP contribution in [0.1, 0.15) is 22.8 Å². The van der Waals surface area contributed by atoms with Gasteiger partial charge in [-0.3, -0.25) is 4.79 Å². The highest BCUT2D eigenvalue weighted by Gasteiger charge is 2.12. The van der Waals surface area contributed by atoms with Gasteiger partial charge in [-0.15, -0.1) is 0 Å². The van der Waals surface area contributed by atoms with E-state index < -0.39 is 5.97 Å². The number of hydrogen-bond acceptors (Lipinski definition) is 5. The first kappa shape index (κ1) is 15.4. The molecule has 0 atom stereocenters. The fourth-order valence-electron chi connectivity index (χ4n) is 1.24. The van der Waals surface area contributed by atoms with E-state index >= 15 is 0 Å². The number of esters is 1. The second-order valence-electron chi connectivity index (χ2n) is 3.49. The van der Waals surface area contributed by atoms with Crippen LogP contribution in [0.15, 0.2) is 12.1 Å². The summed E-state index contributed by atoms with van der Waals surface area (Å²) in [4.78, 5) is 22.2. The number of benzene rings is 1. The maximum atomic E-state index is 11.5. The van der Waals surface area contributed by atoms with Gasteiger partial charge in [0, 0.05) is 18.2 Å². The molecule has 4 nitrogen and oxygen atoms in total. The van der Waals surface area contributed by atoms with Gasteiger partial charge in [0.15, 0.2) is 5.12 Å². The van der Waals surface area contributed by atoms with E-state index in [2.05, 4.69) is 16.6 Å². The van der Waals surface area contributed by atoms with Gasteiger partial charge < -0.3 is 10.5 Å². The molecule has 0 aliphatic rings. The Bertz CT molecular complexity index is 575. The van der Waals surface area contributed by atoms with E-state index in [1.807, 2.05) is 0 Å². The van der Waals surface area contributed by atoms with Gasteiger partial charge in [-0.25, -0.2) is 4.79 Å². The van der Waals surface area contributed by atoms with E-state index in [1.165, 1.54) is 26.2 Å². The third kappa shape index (κ3) is 4.51. The lowest BCUT2D eigenvalue weighted by Crippen LogP contribution is -2.06. The van der Waals surface area contributed by atoms with Crippen LogP contribution in [0.4, 0.5) is 5.69 Å². The molecule has 0 unspecified atom stereocenters.